The molecule has 21 nitrogen and oxygen atoms in total. The minimum atomic E-state index is -1.26. The van der Waals surface area contributed by atoms with Crippen molar-refractivity contribution >= 4 is 35.8 Å². The van der Waals surface area contributed by atoms with Crippen LogP contribution in [0.4, 0.5) is 0 Å². The number of aliphatic hydroxyl groups is 3. The van der Waals surface area contributed by atoms with Crippen LogP contribution >= 0.6 is 0 Å². The van der Waals surface area contributed by atoms with Crippen LogP contribution in [0.15, 0.2) is 67.2 Å². The number of hydrogen-bond donors (Lipinski definition) is 3. The number of carbonyl (C=O) groups is 6. The Bertz CT molecular complexity index is 2410. The standard InChI is InChI=1S/C58H76N6O15/c1-56(2)25-38(47(53(71)74-22-19-65)44(28-56)62-13-7-8-14-62)41(31-59)50(68)77-34-37(35-78-51(69)42(32-60)39-26-57(3,4)29-45(63-15-9-10-16-63)48(39)54(72)75-23-20-66)36-79-52(70)43(33-61)40-27-58(5,6)30-46(64-17-11-12-18-64)49(40)55(73)76-24-21-67/h37,65-67H,7-30,34-36H2,1-6H3/b41-38+,42-39+,43-40+. The fourth-order valence-corrected chi connectivity index (χ4v) is 11.5. The molecular weight excluding hydrogens is 1020 g/mol. The Labute approximate surface area is 462 Å². The molecule has 79 heavy (non-hydrogen) atoms. The molecule has 0 aromatic rings. The maximum Gasteiger partial charge on any atom is 0.349 e. The molecule has 3 N–H and O–H groups in total. The minimum absolute atomic E-state index is 0.0246. The number of rotatable bonds is 21. The maximum absolute atomic E-state index is 14.4. The first-order chi connectivity index (χ1) is 37.6. The molecule has 0 saturated carbocycles. The van der Waals surface area contributed by atoms with Crippen molar-refractivity contribution < 1.29 is 72.5 Å². The predicted molar refractivity (Wildman–Crippen MR) is 281 cm³/mol. The van der Waals surface area contributed by atoms with Gasteiger partial charge in [0, 0.05) is 56.4 Å². The molecule has 428 valence electrons. The summed E-state index contributed by atoms with van der Waals surface area (Å²) in [5, 5.41) is 60.8. The Hall–Kier alpha value is -6.99. The van der Waals surface area contributed by atoms with Gasteiger partial charge in [-0.05, 0) is 110 Å². The van der Waals surface area contributed by atoms with E-state index in [2.05, 4.69) is 0 Å². The predicted octanol–water partition coefficient (Wildman–Crippen LogP) is 4.81. The van der Waals surface area contributed by atoms with Crippen molar-refractivity contribution in [2.45, 2.75) is 119 Å². The highest BCUT2D eigenvalue weighted by molar-refractivity contribution is 6.04. The van der Waals surface area contributed by atoms with Gasteiger partial charge in [0.1, 0.15) is 74.6 Å². The van der Waals surface area contributed by atoms with Gasteiger partial charge in [0.05, 0.1) is 42.5 Å². The largest absolute Gasteiger partial charge is 0.461 e. The number of carbonyl (C=O) groups excluding carboxylic acids is 6. The number of allylic oxidation sites excluding steroid dienone is 3. The van der Waals surface area contributed by atoms with Gasteiger partial charge in [-0.2, -0.15) is 15.8 Å². The molecule has 6 aliphatic rings. The summed E-state index contributed by atoms with van der Waals surface area (Å²) in [6.45, 7) is 10.9. The van der Waals surface area contributed by atoms with Crippen molar-refractivity contribution in [1.29, 1.82) is 15.8 Å². The summed E-state index contributed by atoms with van der Waals surface area (Å²) < 4.78 is 33.7. The molecule has 3 aliphatic carbocycles. The van der Waals surface area contributed by atoms with Gasteiger partial charge in [-0.25, -0.2) is 28.8 Å². The lowest BCUT2D eigenvalue weighted by atomic mass is 9.72. The van der Waals surface area contributed by atoms with E-state index in [1.165, 1.54) is 0 Å². The average molecular weight is 1100 g/mol. The van der Waals surface area contributed by atoms with Crippen LogP contribution in [0.25, 0.3) is 0 Å². The van der Waals surface area contributed by atoms with Gasteiger partial charge in [-0.3, -0.25) is 0 Å². The van der Waals surface area contributed by atoms with Gasteiger partial charge in [-0.15, -0.1) is 0 Å². The monoisotopic (exact) mass is 1100 g/mol. The van der Waals surface area contributed by atoms with E-state index in [0.717, 1.165) is 38.5 Å². The van der Waals surface area contributed by atoms with Crippen LogP contribution in [0.5, 0.6) is 0 Å². The number of ether oxygens (including phenoxy) is 6. The number of likely N-dealkylation sites (tertiary alicyclic amines) is 3. The Balaban J connectivity index is 1.39. The van der Waals surface area contributed by atoms with Crippen molar-refractivity contribution in [2.75, 3.05) is 98.7 Å². The normalized spacial score (nSPS) is 21.7. The van der Waals surface area contributed by atoms with Crippen LogP contribution in [-0.2, 0) is 57.2 Å². The van der Waals surface area contributed by atoms with Crippen molar-refractivity contribution in [3.05, 3.63) is 67.2 Å². The van der Waals surface area contributed by atoms with E-state index in [9.17, 15) is 59.9 Å². The maximum atomic E-state index is 14.4. The summed E-state index contributed by atoms with van der Waals surface area (Å²) in [5.74, 6) is -7.26. The second-order valence-electron chi connectivity index (χ2n) is 23.2. The lowest BCUT2D eigenvalue weighted by Crippen LogP contribution is -2.34. The number of aliphatic hydroxyl groups excluding tert-OH is 3. The molecular formula is C58H76N6O15. The van der Waals surface area contributed by atoms with Crippen LogP contribution in [-0.4, -0.2) is 165 Å². The van der Waals surface area contributed by atoms with E-state index in [1.54, 1.807) is 0 Å². The van der Waals surface area contributed by atoms with Gasteiger partial charge < -0.3 is 58.4 Å². The number of hydrogen-bond acceptors (Lipinski definition) is 21. The van der Waals surface area contributed by atoms with Crippen LogP contribution in [0, 0.1) is 56.2 Å². The second kappa shape index (κ2) is 27.3. The van der Waals surface area contributed by atoms with Gasteiger partial charge in [-0.1, -0.05) is 41.5 Å². The molecule has 0 radical (unpaired) electrons. The zero-order chi connectivity index (χ0) is 57.7. The fourth-order valence-electron chi connectivity index (χ4n) is 11.5. The van der Waals surface area contributed by atoms with Gasteiger partial charge in [0.2, 0.25) is 0 Å². The van der Waals surface area contributed by atoms with E-state index in [4.69, 9.17) is 28.4 Å². The zero-order valence-corrected chi connectivity index (χ0v) is 46.6. The first-order valence-electron chi connectivity index (χ1n) is 27.3. The summed E-state index contributed by atoms with van der Waals surface area (Å²) >= 11 is 0. The van der Waals surface area contributed by atoms with E-state index < -0.39 is 114 Å². The van der Waals surface area contributed by atoms with Crippen LogP contribution in [0.1, 0.15) is 119 Å². The SMILES string of the molecule is CC1(C)CC(N2CCCC2)=C(C(=O)OCCO)/C(=C(\C#N)C(=O)OCC(COC(=O)/C(C#N)=C2\CC(C)(C)CC(N3CCCC3)=C2C(=O)OCCO)COC(=O)/C(C#N)=C2\CC(C)(C)CC(N3CCCC3)=C2C(=O)OCCO)C1. The Morgan fingerprint density at radius 1 is 0.430 bits per heavy atom. The van der Waals surface area contributed by atoms with E-state index in [0.29, 0.717) is 75.6 Å². The Morgan fingerprint density at radius 3 is 0.886 bits per heavy atom. The van der Waals surface area contributed by atoms with Crippen LogP contribution < -0.4 is 0 Å². The first kappa shape index (κ1) is 61.2. The number of esters is 6. The van der Waals surface area contributed by atoms with Gasteiger partial charge in [0.25, 0.3) is 0 Å². The highest BCUT2D eigenvalue weighted by atomic mass is 16.6. The van der Waals surface area contributed by atoms with Crippen LogP contribution in [0.3, 0.4) is 0 Å². The quantitative estimate of drug-likeness (QED) is 0.0601. The molecule has 21 heteroatoms. The summed E-state index contributed by atoms with van der Waals surface area (Å²) in [6.07, 6.45) is 6.63. The molecule has 3 aliphatic heterocycles. The third-order valence-corrected chi connectivity index (χ3v) is 14.9. The zero-order valence-electron chi connectivity index (χ0n) is 46.6. The summed E-state index contributed by atoms with van der Waals surface area (Å²) in [5.41, 5.74) is -1.11. The molecule has 0 aromatic carbocycles. The van der Waals surface area contributed by atoms with Gasteiger partial charge >= 0.3 is 35.8 Å². The molecule has 0 atom stereocenters. The fraction of sp³-hybridized carbons (Fsp3) is 0.638. The topological polar surface area (TPSA) is 300 Å². The lowest BCUT2D eigenvalue weighted by Gasteiger charge is -2.38. The highest BCUT2D eigenvalue weighted by Gasteiger charge is 2.44. The first-order valence-corrected chi connectivity index (χ1v) is 27.3. The molecule has 0 unspecified atom stereocenters. The Morgan fingerprint density at radius 2 is 0.671 bits per heavy atom. The minimum Gasteiger partial charge on any atom is -0.461 e. The molecule has 3 fully saturated rings. The van der Waals surface area contributed by atoms with Crippen molar-refractivity contribution in [1.82, 2.24) is 14.7 Å². The highest BCUT2D eigenvalue weighted by Crippen LogP contribution is 2.48. The molecule has 6 rings (SSSR count). The molecule has 0 bridgehead atoms. The second-order valence-corrected chi connectivity index (χ2v) is 23.2. The molecule has 0 spiro atoms. The Kier molecular flexibility index (Phi) is 21.1. The van der Waals surface area contributed by atoms with Crippen molar-refractivity contribution in [3.8, 4) is 18.2 Å². The third-order valence-electron chi connectivity index (χ3n) is 14.9. The van der Waals surface area contributed by atoms with E-state index >= 15 is 0 Å². The van der Waals surface area contributed by atoms with Crippen molar-refractivity contribution in [2.24, 2.45) is 22.2 Å². The smallest absolute Gasteiger partial charge is 0.349 e. The van der Waals surface area contributed by atoms with Gasteiger partial charge in [0.15, 0.2) is 0 Å². The molecule has 3 heterocycles. The lowest BCUT2D eigenvalue weighted by molar-refractivity contribution is -0.148. The molecule has 3 saturated heterocycles. The summed E-state index contributed by atoms with van der Waals surface area (Å²) in [4.78, 5) is 90.7. The average Bonchev–Trinajstić information content (AvgIpc) is 4.34. The van der Waals surface area contributed by atoms with E-state index in [1.807, 2.05) is 74.4 Å². The van der Waals surface area contributed by atoms with E-state index in [-0.39, 0.29) is 72.5 Å². The summed E-state index contributed by atoms with van der Waals surface area (Å²) in [6, 6.07) is 5.81. The third kappa shape index (κ3) is 15.2. The summed E-state index contributed by atoms with van der Waals surface area (Å²) in [7, 11) is 0. The van der Waals surface area contributed by atoms with Crippen molar-refractivity contribution in [3.63, 3.8) is 0 Å². The number of nitrogens with zero attached hydrogens (tertiary/aromatic N) is 6. The number of nitriles is 3. The van der Waals surface area contributed by atoms with Crippen LogP contribution in [0.2, 0.25) is 0 Å². The molecule has 0 amide bonds. The molecule has 0 aromatic heterocycles.